The molecule has 0 saturated carbocycles. The molecule has 2 atom stereocenters. The second-order valence-corrected chi connectivity index (χ2v) is 10.2. The van der Waals surface area contributed by atoms with Crippen LogP contribution in [0.2, 0.25) is 0 Å². The molecule has 0 aliphatic carbocycles. The fraction of sp³-hybridized carbons (Fsp3) is 0.808. The van der Waals surface area contributed by atoms with Crippen LogP contribution in [0.3, 0.4) is 0 Å². The predicted octanol–water partition coefficient (Wildman–Crippen LogP) is -0.334. The topological polar surface area (TPSA) is 191 Å². The van der Waals surface area contributed by atoms with Gasteiger partial charge in [-0.1, -0.05) is 6.92 Å². The van der Waals surface area contributed by atoms with Crippen molar-refractivity contribution in [2.24, 2.45) is 0 Å². The molecule has 15 nitrogen and oxygen atoms in total. The normalized spacial score (nSPS) is 21.4. The van der Waals surface area contributed by atoms with E-state index in [0.717, 1.165) is 85.1 Å². The van der Waals surface area contributed by atoms with Crippen LogP contribution in [0.1, 0.15) is 46.0 Å². The largest absolute Gasteiger partial charge is 0.481 e. The first-order valence-electron chi connectivity index (χ1n) is 14.1. The lowest BCUT2D eigenvalue weighted by molar-refractivity contribution is -0.167. The zero-order chi connectivity index (χ0) is 30.8. The van der Waals surface area contributed by atoms with Crippen LogP contribution >= 0.6 is 0 Å². The Hall–Kier alpha value is -2.85. The van der Waals surface area contributed by atoms with E-state index in [4.69, 9.17) is 25.3 Å². The Morgan fingerprint density at radius 2 is 0.829 bits per heavy atom. The zero-order valence-corrected chi connectivity index (χ0v) is 24.3. The molecule has 5 heterocycles. The SMILES string of the molecule is CCC(=O)ON1CC1C.O=C(O)CCN1CC1.O=C(O)CCN1CC1.O=C(O)CCN1CC1.O=C(O)CCN1CC1. The van der Waals surface area contributed by atoms with E-state index in [1.54, 1.807) is 12.0 Å². The summed E-state index contributed by atoms with van der Waals surface area (Å²) in [5, 5.41) is 34.3. The molecule has 5 fully saturated rings. The molecule has 0 aromatic rings. The second-order valence-electron chi connectivity index (χ2n) is 10.2. The standard InChI is InChI=1S/C6H11NO2.4C5H9NO2/c1-3-6(8)9-7-4-5(7)2;4*7-5(8)1-2-6-3-4-6/h5H,3-4H2,1-2H3;4*1-4H2,(H,7,8). The van der Waals surface area contributed by atoms with Crippen molar-refractivity contribution in [1.29, 1.82) is 0 Å². The van der Waals surface area contributed by atoms with Gasteiger partial charge in [0.2, 0.25) is 0 Å². The molecule has 0 aromatic carbocycles. The Morgan fingerprint density at radius 3 is 0.976 bits per heavy atom. The van der Waals surface area contributed by atoms with Gasteiger partial charge in [0.05, 0.1) is 38.3 Å². The van der Waals surface area contributed by atoms with Crippen molar-refractivity contribution < 1.29 is 49.2 Å². The van der Waals surface area contributed by atoms with Crippen LogP contribution in [0.15, 0.2) is 0 Å². The molecule has 5 aliphatic heterocycles. The van der Waals surface area contributed by atoms with Crippen LogP contribution in [0.5, 0.6) is 0 Å². The van der Waals surface area contributed by atoms with Gasteiger partial charge in [0.1, 0.15) is 0 Å². The highest BCUT2D eigenvalue weighted by molar-refractivity contribution is 5.69. The van der Waals surface area contributed by atoms with Gasteiger partial charge in [-0.3, -0.25) is 24.0 Å². The lowest BCUT2D eigenvalue weighted by atomic mass is 10.4. The maximum absolute atomic E-state index is 10.5. The van der Waals surface area contributed by atoms with Gasteiger partial charge >= 0.3 is 29.8 Å². The van der Waals surface area contributed by atoms with Crippen molar-refractivity contribution in [1.82, 2.24) is 24.7 Å². The molecular weight excluding hydrogens is 542 g/mol. The number of hydroxylamine groups is 2. The highest BCUT2D eigenvalue weighted by Crippen LogP contribution is 2.16. The Balaban J connectivity index is 0.000000256. The summed E-state index contributed by atoms with van der Waals surface area (Å²) >= 11 is 0. The van der Waals surface area contributed by atoms with Gasteiger partial charge in [-0.2, -0.15) is 0 Å². The van der Waals surface area contributed by atoms with Crippen LogP contribution in [-0.4, -0.2) is 166 Å². The Kier molecular flexibility index (Phi) is 17.7. The number of carboxylic acid groups (broad SMARTS) is 4. The Labute approximate surface area is 241 Å². The van der Waals surface area contributed by atoms with Crippen LogP contribution in [-0.2, 0) is 28.8 Å². The van der Waals surface area contributed by atoms with E-state index >= 15 is 0 Å². The molecule has 5 saturated heterocycles. The van der Waals surface area contributed by atoms with Crippen LogP contribution < -0.4 is 0 Å². The predicted molar refractivity (Wildman–Crippen MR) is 147 cm³/mol. The number of carboxylic acids is 4. The van der Waals surface area contributed by atoms with Crippen LogP contribution in [0, 0.1) is 0 Å². The van der Waals surface area contributed by atoms with Gasteiger partial charge in [-0.25, -0.2) is 0 Å². The average Bonchev–Trinajstić information content (AvgIpc) is 3.72. The van der Waals surface area contributed by atoms with Crippen LogP contribution in [0.25, 0.3) is 0 Å². The van der Waals surface area contributed by atoms with Crippen molar-refractivity contribution >= 4 is 29.8 Å². The molecular formula is C26H47N5O10. The number of hydrogen-bond acceptors (Lipinski definition) is 11. The second kappa shape index (κ2) is 20.1. The van der Waals surface area contributed by atoms with E-state index in [0.29, 0.717) is 38.1 Å². The molecule has 0 amide bonds. The third-order valence-electron chi connectivity index (χ3n) is 6.04. The molecule has 236 valence electrons. The molecule has 0 bridgehead atoms. The number of rotatable bonds is 14. The maximum Gasteiger partial charge on any atom is 0.324 e. The minimum absolute atomic E-state index is 0.139. The van der Waals surface area contributed by atoms with E-state index in [1.165, 1.54) is 0 Å². The van der Waals surface area contributed by atoms with Crippen molar-refractivity contribution in [3.63, 3.8) is 0 Å². The summed E-state index contributed by atoms with van der Waals surface area (Å²) in [5.74, 6) is -2.93. The average molecular weight is 590 g/mol. The summed E-state index contributed by atoms with van der Waals surface area (Å²) in [6.45, 7) is 16.3. The summed E-state index contributed by atoms with van der Waals surface area (Å²) in [5.41, 5.74) is 0. The van der Waals surface area contributed by atoms with E-state index in [2.05, 4.69) is 19.6 Å². The van der Waals surface area contributed by atoms with Crippen molar-refractivity contribution in [2.75, 3.05) is 85.1 Å². The van der Waals surface area contributed by atoms with Crippen molar-refractivity contribution in [2.45, 2.75) is 52.0 Å². The third-order valence-corrected chi connectivity index (χ3v) is 6.04. The highest BCUT2D eigenvalue weighted by Gasteiger charge is 2.32. The van der Waals surface area contributed by atoms with Gasteiger partial charge in [-0.15, -0.1) is 5.06 Å². The van der Waals surface area contributed by atoms with E-state index in [9.17, 15) is 24.0 Å². The fourth-order valence-corrected chi connectivity index (χ4v) is 2.73. The molecule has 5 aliphatic rings. The third kappa shape index (κ3) is 27.1. The first-order valence-corrected chi connectivity index (χ1v) is 14.1. The molecule has 0 aromatic heterocycles. The van der Waals surface area contributed by atoms with E-state index < -0.39 is 23.9 Å². The number of carbonyl (C=O) groups excluding carboxylic acids is 1. The molecule has 0 spiro atoms. The maximum atomic E-state index is 10.5. The molecule has 5 rings (SSSR count). The minimum atomic E-state index is -0.697. The summed E-state index contributed by atoms with van der Waals surface area (Å²) in [6.07, 6.45) is 1.63. The summed E-state index contributed by atoms with van der Waals surface area (Å²) in [7, 11) is 0. The summed E-state index contributed by atoms with van der Waals surface area (Å²) in [4.78, 5) is 63.3. The van der Waals surface area contributed by atoms with Gasteiger partial charge in [-0.05, 0) is 6.92 Å². The van der Waals surface area contributed by atoms with Crippen molar-refractivity contribution in [3.8, 4) is 0 Å². The van der Waals surface area contributed by atoms with Gasteiger partial charge < -0.3 is 44.9 Å². The smallest absolute Gasteiger partial charge is 0.324 e. The fourth-order valence-electron chi connectivity index (χ4n) is 2.73. The first kappa shape index (κ1) is 36.2. The number of nitrogens with zero attached hydrogens (tertiary/aromatic N) is 5. The van der Waals surface area contributed by atoms with E-state index in [-0.39, 0.29) is 5.97 Å². The lowest BCUT2D eigenvalue weighted by Gasteiger charge is -1.99. The minimum Gasteiger partial charge on any atom is -0.481 e. The summed E-state index contributed by atoms with van der Waals surface area (Å²) < 4.78 is 0. The molecule has 4 N–H and O–H groups in total. The quantitative estimate of drug-likeness (QED) is 0.192. The number of carbonyl (C=O) groups is 5. The molecule has 0 radical (unpaired) electrons. The van der Waals surface area contributed by atoms with Crippen molar-refractivity contribution in [3.05, 3.63) is 0 Å². The van der Waals surface area contributed by atoms with Gasteiger partial charge in [0, 0.05) is 85.0 Å². The first-order chi connectivity index (χ1) is 19.4. The van der Waals surface area contributed by atoms with E-state index in [1.807, 2.05) is 6.92 Å². The lowest BCUT2D eigenvalue weighted by Crippen LogP contribution is -2.09. The molecule has 41 heavy (non-hydrogen) atoms. The Morgan fingerprint density at radius 1 is 0.585 bits per heavy atom. The monoisotopic (exact) mass is 589 g/mol. The number of hydrogen-bond donors (Lipinski definition) is 4. The van der Waals surface area contributed by atoms with Gasteiger partial charge in [0.15, 0.2) is 0 Å². The highest BCUT2D eigenvalue weighted by atomic mass is 16.7. The molecule has 15 heteroatoms. The summed E-state index contributed by atoms with van der Waals surface area (Å²) in [6, 6.07) is 0.445. The van der Waals surface area contributed by atoms with Gasteiger partial charge in [0.25, 0.3) is 0 Å². The number of aliphatic carboxylic acids is 4. The molecule has 2 unspecified atom stereocenters. The zero-order valence-electron chi connectivity index (χ0n) is 24.3. The Bertz CT molecular complexity index is 725. The van der Waals surface area contributed by atoms with Crippen LogP contribution in [0.4, 0.5) is 0 Å².